The molecule has 0 amide bonds. The number of hydrogen-bond donors (Lipinski definition) is 0. The molecule has 3 nitrogen and oxygen atoms in total. The molecule has 2 aromatic carbocycles. The summed E-state index contributed by atoms with van der Waals surface area (Å²) in [6.45, 7) is 2.02. The van der Waals surface area contributed by atoms with Gasteiger partial charge in [0, 0.05) is 21.8 Å². The highest BCUT2D eigenvalue weighted by Gasteiger charge is 2.15. The number of aryl methyl sites for hydroxylation is 1. The Morgan fingerprint density at radius 2 is 1.82 bits per heavy atom. The van der Waals surface area contributed by atoms with Crippen molar-refractivity contribution in [2.75, 3.05) is 0 Å². The summed E-state index contributed by atoms with van der Waals surface area (Å²) in [5.74, 6) is 0. The van der Waals surface area contributed by atoms with Gasteiger partial charge < -0.3 is 0 Å². The summed E-state index contributed by atoms with van der Waals surface area (Å²) in [5, 5.41) is 11.0. The minimum Gasteiger partial charge on any atom is -0.299 e. The molecule has 0 radical (unpaired) electrons. The number of pyridine rings is 1. The predicted molar refractivity (Wildman–Crippen MR) is 115 cm³/mol. The zero-order valence-electron chi connectivity index (χ0n) is 15.0. The lowest BCUT2D eigenvalue weighted by atomic mass is 10.0. The van der Waals surface area contributed by atoms with Crippen LogP contribution in [0.4, 0.5) is 0 Å². The van der Waals surface area contributed by atoms with Gasteiger partial charge in [-0.1, -0.05) is 53.5 Å². The zero-order chi connectivity index (χ0) is 19.7. The first kappa shape index (κ1) is 18.3. The first-order valence-electron chi connectivity index (χ1n) is 8.68. The maximum absolute atomic E-state index is 9.79. The minimum atomic E-state index is 0.515. The average molecular weight is 404 g/mol. The Balaban J connectivity index is 1.99. The highest BCUT2D eigenvalue weighted by molar-refractivity contribution is 6.31. The number of nitriles is 1. The fraction of sp³-hybridized carbons (Fsp3) is 0.0435. The van der Waals surface area contributed by atoms with Gasteiger partial charge in [0.05, 0.1) is 23.0 Å². The topological polar surface area (TPSA) is 41.1 Å². The van der Waals surface area contributed by atoms with E-state index in [1.54, 1.807) is 12.1 Å². The summed E-state index contributed by atoms with van der Waals surface area (Å²) in [4.78, 5) is 4.85. The van der Waals surface area contributed by atoms with Crippen molar-refractivity contribution in [1.29, 1.82) is 5.26 Å². The molecule has 0 N–H and O–H groups in total. The van der Waals surface area contributed by atoms with Gasteiger partial charge >= 0.3 is 0 Å². The fourth-order valence-corrected chi connectivity index (χ4v) is 3.47. The van der Waals surface area contributed by atoms with Gasteiger partial charge in [0.25, 0.3) is 0 Å². The van der Waals surface area contributed by atoms with E-state index in [1.165, 1.54) is 0 Å². The van der Waals surface area contributed by atoms with Crippen LogP contribution in [-0.2, 0) is 0 Å². The van der Waals surface area contributed by atoms with Crippen LogP contribution >= 0.6 is 23.2 Å². The molecule has 0 aliphatic carbocycles. The summed E-state index contributed by atoms with van der Waals surface area (Å²) in [7, 11) is 0. The molecule has 4 aromatic rings. The van der Waals surface area contributed by atoms with Crippen molar-refractivity contribution in [2.24, 2.45) is 0 Å². The third kappa shape index (κ3) is 3.41. The molecule has 0 saturated carbocycles. The minimum absolute atomic E-state index is 0.515. The number of allylic oxidation sites excluding steroid dienone is 1. The van der Waals surface area contributed by atoms with Gasteiger partial charge in [0.2, 0.25) is 0 Å². The van der Waals surface area contributed by atoms with Crippen LogP contribution < -0.4 is 0 Å². The summed E-state index contributed by atoms with van der Waals surface area (Å²) < 4.78 is 2.00. The SMILES string of the molecule is Cc1cccn2c(C=C(C#N)c3cccc(Cl)c3)c(-c3ccc(Cl)cc3)nc12. The fourth-order valence-electron chi connectivity index (χ4n) is 3.15. The van der Waals surface area contributed by atoms with Crippen LogP contribution in [0.5, 0.6) is 0 Å². The summed E-state index contributed by atoms with van der Waals surface area (Å²) >= 11 is 12.2. The maximum atomic E-state index is 9.79. The molecule has 0 spiro atoms. The summed E-state index contributed by atoms with van der Waals surface area (Å²) in [6, 6.07) is 21.1. The number of hydrogen-bond acceptors (Lipinski definition) is 2. The molecule has 2 aromatic heterocycles. The smallest absolute Gasteiger partial charge is 0.140 e. The van der Waals surface area contributed by atoms with E-state index in [0.29, 0.717) is 15.6 Å². The van der Waals surface area contributed by atoms with E-state index in [0.717, 1.165) is 33.7 Å². The first-order chi connectivity index (χ1) is 13.6. The maximum Gasteiger partial charge on any atom is 0.140 e. The Kier molecular flexibility index (Phi) is 4.92. The normalized spacial score (nSPS) is 11.6. The lowest BCUT2D eigenvalue weighted by molar-refractivity contribution is 1.15. The summed E-state index contributed by atoms with van der Waals surface area (Å²) in [6.07, 6.45) is 3.81. The van der Waals surface area contributed by atoms with Crippen molar-refractivity contribution in [3.63, 3.8) is 0 Å². The van der Waals surface area contributed by atoms with Crippen LogP contribution in [0, 0.1) is 18.3 Å². The molecule has 0 fully saturated rings. The van der Waals surface area contributed by atoms with E-state index in [-0.39, 0.29) is 0 Å². The molecule has 2 heterocycles. The van der Waals surface area contributed by atoms with Crippen LogP contribution in [-0.4, -0.2) is 9.38 Å². The quantitative estimate of drug-likeness (QED) is 0.357. The van der Waals surface area contributed by atoms with Crippen LogP contribution in [0.1, 0.15) is 16.8 Å². The number of imidazole rings is 1. The number of fused-ring (bicyclic) bond motifs is 1. The van der Waals surface area contributed by atoms with Crippen molar-refractivity contribution in [1.82, 2.24) is 9.38 Å². The third-order valence-corrected chi connectivity index (χ3v) is 5.02. The van der Waals surface area contributed by atoms with Crippen molar-refractivity contribution in [2.45, 2.75) is 6.92 Å². The Labute approximate surface area is 173 Å². The van der Waals surface area contributed by atoms with Gasteiger partial charge in [-0.3, -0.25) is 4.40 Å². The Morgan fingerprint density at radius 1 is 1.04 bits per heavy atom. The van der Waals surface area contributed by atoms with E-state index in [9.17, 15) is 5.26 Å². The van der Waals surface area contributed by atoms with Gasteiger partial charge in [-0.05, 0) is 54.5 Å². The standard InChI is InChI=1S/C23H15Cl2N3/c1-15-4-3-11-28-21(13-18(14-26)17-5-2-6-20(25)12-17)22(27-23(15)28)16-7-9-19(24)10-8-16/h2-13H,1H3. The molecular weight excluding hydrogens is 389 g/mol. The number of halogens is 2. The zero-order valence-corrected chi connectivity index (χ0v) is 16.5. The van der Waals surface area contributed by atoms with Crippen molar-refractivity contribution >= 4 is 40.5 Å². The van der Waals surface area contributed by atoms with Crippen LogP contribution in [0.25, 0.3) is 28.6 Å². The van der Waals surface area contributed by atoms with Crippen molar-refractivity contribution in [3.8, 4) is 17.3 Å². The first-order valence-corrected chi connectivity index (χ1v) is 9.44. The van der Waals surface area contributed by atoms with E-state index in [4.69, 9.17) is 28.2 Å². The average Bonchev–Trinajstić information content (AvgIpc) is 3.06. The molecule has 0 atom stereocenters. The van der Waals surface area contributed by atoms with Crippen LogP contribution in [0.2, 0.25) is 10.0 Å². The lowest BCUT2D eigenvalue weighted by Gasteiger charge is -2.04. The third-order valence-electron chi connectivity index (χ3n) is 4.54. The van der Waals surface area contributed by atoms with Crippen LogP contribution in [0.3, 0.4) is 0 Å². The second-order valence-corrected chi connectivity index (χ2v) is 7.29. The molecule has 0 unspecified atom stereocenters. The second-order valence-electron chi connectivity index (χ2n) is 6.42. The molecule has 0 aliphatic heterocycles. The number of rotatable bonds is 3. The number of benzene rings is 2. The molecule has 136 valence electrons. The highest BCUT2D eigenvalue weighted by atomic mass is 35.5. The predicted octanol–water partition coefficient (Wildman–Crippen LogP) is 6.68. The van der Waals surface area contributed by atoms with Gasteiger partial charge in [-0.15, -0.1) is 0 Å². The Morgan fingerprint density at radius 3 is 2.54 bits per heavy atom. The van der Waals surface area contributed by atoms with Crippen molar-refractivity contribution in [3.05, 3.63) is 93.7 Å². The van der Waals surface area contributed by atoms with E-state index >= 15 is 0 Å². The molecule has 0 aliphatic rings. The Hall–Kier alpha value is -3.06. The second kappa shape index (κ2) is 7.52. The molecule has 0 bridgehead atoms. The monoisotopic (exact) mass is 403 g/mol. The van der Waals surface area contributed by atoms with E-state index < -0.39 is 0 Å². The largest absolute Gasteiger partial charge is 0.299 e. The molecule has 4 rings (SSSR count). The van der Waals surface area contributed by atoms with Crippen LogP contribution in [0.15, 0.2) is 66.9 Å². The number of nitrogens with zero attached hydrogens (tertiary/aromatic N) is 3. The summed E-state index contributed by atoms with van der Waals surface area (Å²) in [5.41, 5.74) is 5.74. The van der Waals surface area contributed by atoms with Gasteiger partial charge in [-0.25, -0.2) is 4.98 Å². The van der Waals surface area contributed by atoms with Gasteiger partial charge in [0.1, 0.15) is 5.65 Å². The van der Waals surface area contributed by atoms with Crippen molar-refractivity contribution < 1.29 is 0 Å². The highest BCUT2D eigenvalue weighted by Crippen LogP contribution is 2.30. The molecule has 5 heteroatoms. The van der Waals surface area contributed by atoms with E-state index in [2.05, 4.69) is 6.07 Å². The Bertz CT molecular complexity index is 1250. The lowest BCUT2D eigenvalue weighted by Crippen LogP contribution is -1.91. The van der Waals surface area contributed by atoms with Gasteiger partial charge in [0.15, 0.2) is 0 Å². The molecule has 28 heavy (non-hydrogen) atoms. The van der Waals surface area contributed by atoms with Gasteiger partial charge in [-0.2, -0.15) is 5.26 Å². The number of aromatic nitrogens is 2. The molecular formula is C23H15Cl2N3. The molecule has 0 saturated heterocycles. The van der Waals surface area contributed by atoms with E-state index in [1.807, 2.05) is 72.1 Å².